The SMILES string of the molecule is CC1CC(C)(C)CC(CN)(N(C)CC2CCN(C)C2)C1. The molecule has 0 aromatic rings. The van der Waals surface area contributed by atoms with Gasteiger partial charge in [0.25, 0.3) is 0 Å². The zero-order valence-electron chi connectivity index (χ0n) is 14.3. The summed E-state index contributed by atoms with van der Waals surface area (Å²) < 4.78 is 0. The molecule has 20 heavy (non-hydrogen) atoms. The first-order valence-corrected chi connectivity index (χ1v) is 8.36. The van der Waals surface area contributed by atoms with E-state index in [1.165, 1.54) is 45.3 Å². The summed E-state index contributed by atoms with van der Waals surface area (Å²) in [7, 11) is 4.56. The van der Waals surface area contributed by atoms with E-state index in [1.807, 2.05) is 0 Å². The Hall–Kier alpha value is -0.120. The molecule has 0 aromatic carbocycles. The predicted octanol–water partition coefficient (Wildman–Crippen LogP) is 2.41. The minimum absolute atomic E-state index is 0.225. The van der Waals surface area contributed by atoms with Crippen LogP contribution in [0.4, 0.5) is 0 Å². The maximum absolute atomic E-state index is 6.27. The van der Waals surface area contributed by atoms with Gasteiger partial charge >= 0.3 is 0 Å². The molecule has 0 bridgehead atoms. The molecule has 2 aliphatic rings. The number of hydrogen-bond acceptors (Lipinski definition) is 3. The molecule has 0 radical (unpaired) electrons. The van der Waals surface area contributed by atoms with Gasteiger partial charge in [-0.2, -0.15) is 0 Å². The number of hydrogen-bond donors (Lipinski definition) is 1. The summed E-state index contributed by atoms with van der Waals surface area (Å²) in [6, 6.07) is 0. The molecule has 1 heterocycles. The Morgan fingerprint density at radius 2 is 2.00 bits per heavy atom. The van der Waals surface area contributed by atoms with Crippen molar-refractivity contribution in [1.29, 1.82) is 0 Å². The maximum Gasteiger partial charge on any atom is 0.0336 e. The van der Waals surface area contributed by atoms with Crippen molar-refractivity contribution < 1.29 is 0 Å². The van der Waals surface area contributed by atoms with Gasteiger partial charge in [-0.25, -0.2) is 0 Å². The molecule has 3 heteroatoms. The van der Waals surface area contributed by atoms with Crippen molar-refractivity contribution in [3.05, 3.63) is 0 Å². The zero-order valence-corrected chi connectivity index (χ0v) is 14.3. The van der Waals surface area contributed by atoms with Gasteiger partial charge < -0.3 is 10.6 Å². The molecular formula is C17H35N3. The van der Waals surface area contributed by atoms with Gasteiger partial charge in [-0.05, 0) is 63.6 Å². The van der Waals surface area contributed by atoms with Crippen molar-refractivity contribution in [2.75, 3.05) is 40.3 Å². The summed E-state index contributed by atoms with van der Waals surface area (Å²) >= 11 is 0. The van der Waals surface area contributed by atoms with Gasteiger partial charge in [-0.15, -0.1) is 0 Å². The van der Waals surface area contributed by atoms with E-state index in [0.29, 0.717) is 5.41 Å². The molecule has 3 unspecified atom stereocenters. The first kappa shape index (κ1) is 16.3. The Morgan fingerprint density at radius 1 is 1.30 bits per heavy atom. The molecule has 1 aliphatic carbocycles. The highest BCUT2D eigenvalue weighted by Crippen LogP contribution is 2.46. The van der Waals surface area contributed by atoms with Crippen LogP contribution in [-0.2, 0) is 0 Å². The first-order valence-electron chi connectivity index (χ1n) is 8.36. The normalized spacial score (nSPS) is 38.5. The second kappa shape index (κ2) is 5.94. The Bertz CT molecular complexity index is 328. The maximum atomic E-state index is 6.27. The van der Waals surface area contributed by atoms with Crippen LogP contribution in [0.15, 0.2) is 0 Å². The predicted molar refractivity (Wildman–Crippen MR) is 86.8 cm³/mol. The Morgan fingerprint density at radius 3 is 2.50 bits per heavy atom. The molecule has 1 aliphatic heterocycles. The van der Waals surface area contributed by atoms with E-state index < -0.39 is 0 Å². The second-order valence-corrected chi connectivity index (χ2v) is 8.58. The lowest BCUT2D eigenvalue weighted by Crippen LogP contribution is -2.58. The van der Waals surface area contributed by atoms with Gasteiger partial charge in [0, 0.05) is 25.2 Å². The summed E-state index contributed by atoms with van der Waals surface area (Å²) in [5.74, 6) is 1.62. The molecule has 118 valence electrons. The van der Waals surface area contributed by atoms with E-state index in [1.54, 1.807) is 0 Å². The smallest absolute Gasteiger partial charge is 0.0336 e. The molecule has 2 N–H and O–H groups in total. The molecule has 0 spiro atoms. The minimum atomic E-state index is 0.225. The van der Waals surface area contributed by atoms with Crippen molar-refractivity contribution in [2.45, 2.75) is 52.0 Å². The van der Waals surface area contributed by atoms with Crippen LogP contribution < -0.4 is 5.73 Å². The molecular weight excluding hydrogens is 246 g/mol. The van der Waals surface area contributed by atoms with Crippen LogP contribution in [0.3, 0.4) is 0 Å². The van der Waals surface area contributed by atoms with Gasteiger partial charge in [0.05, 0.1) is 0 Å². The average molecular weight is 281 g/mol. The largest absolute Gasteiger partial charge is 0.329 e. The van der Waals surface area contributed by atoms with Crippen LogP contribution >= 0.6 is 0 Å². The number of likely N-dealkylation sites (N-methyl/N-ethyl adjacent to an activating group) is 1. The molecule has 0 amide bonds. The van der Waals surface area contributed by atoms with E-state index in [9.17, 15) is 0 Å². The van der Waals surface area contributed by atoms with Gasteiger partial charge in [0.15, 0.2) is 0 Å². The lowest BCUT2D eigenvalue weighted by molar-refractivity contribution is -0.00353. The van der Waals surface area contributed by atoms with Gasteiger partial charge in [-0.1, -0.05) is 20.8 Å². The third-order valence-electron chi connectivity index (χ3n) is 5.65. The summed E-state index contributed by atoms with van der Waals surface area (Å²) in [5, 5.41) is 0. The highest BCUT2D eigenvalue weighted by atomic mass is 15.2. The molecule has 1 saturated carbocycles. The highest BCUT2D eigenvalue weighted by molar-refractivity contribution is 5.01. The van der Waals surface area contributed by atoms with Crippen molar-refractivity contribution in [3.8, 4) is 0 Å². The average Bonchev–Trinajstić information content (AvgIpc) is 2.71. The molecule has 1 saturated heterocycles. The topological polar surface area (TPSA) is 32.5 Å². The molecule has 3 nitrogen and oxygen atoms in total. The Labute approximate surface area is 125 Å². The Balaban J connectivity index is 2.05. The molecule has 2 rings (SSSR count). The number of nitrogens with two attached hydrogens (primary N) is 1. The monoisotopic (exact) mass is 281 g/mol. The second-order valence-electron chi connectivity index (χ2n) is 8.58. The van der Waals surface area contributed by atoms with Crippen LogP contribution in [0.1, 0.15) is 46.5 Å². The van der Waals surface area contributed by atoms with E-state index >= 15 is 0 Å². The third kappa shape index (κ3) is 3.55. The Kier molecular flexibility index (Phi) is 4.83. The van der Waals surface area contributed by atoms with Crippen LogP contribution in [-0.4, -0.2) is 55.6 Å². The lowest BCUT2D eigenvalue weighted by Gasteiger charge is -2.52. The van der Waals surface area contributed by atoms with Crippen LogP contribution in [0, 0.1) is 17.3 Å². The summed E-state index contributed by atoms with van der Waals surface area (Å²) in [5.41, 5.74) is 6.92. The zero-order chi connectivity index (χ0) is 15.0. The fraction of sp³-hybridized carbons (Fsp3) is 1.00. The van der Waals surface area contributed by atoms with Crippen molar-refractivity contribution in [1.82, 2.24) is 9.80 Å². The van der Waals surface area contributed by atoms with E-state index in [0.717, 1.165) is 18.4 Å². The van der Waals surface area contributed by atoms with Crippen LogP contribution in [0.5, 0.6) is 0 Å². The fourth-order valence-corrected chi connectivity index (χ4v) is 5.06. The third-order valence-corrected chi connectivity index (χ3v) is 5.65. The highest BCUT2D eigenvalue weighted by Gasteiger charge is 2.45. The van der Waals surface area contributed by atoms with Gasteiger partial charge in [0.2, 0.25) is 0 Å². The standard InChI is InChI=1S/C17H35N3/c1-14-8-16(2,3)12-17(9-14,13-18)20(5)11-15-6-7-19(4)10-15/h14-15H,6-13,18H2,1-5H3. The van der Waals surface area contributed by atoms with E-state index in [-0.39, 0.29) is 5.54 Å². The quantitative estimate of drug-likeness (QED) is 0.859. The summed E-state index contributed by atoms with van der Waals surface area (Å²) in [4.78, 5) is 5.08. The van der Waals surface area contributed by atoms with Crippen molar-refractivity contribution in [3.63, 3.8) is 0 Å². The summed E-state index contributed by atoms with van der Waals surface area (Å²) in [6.45, 7) is 11.8. The van der Waals surface area contributed by atoms with Crippen LogP contribution in [0.25, 0.3) is 0 Å². The van der Waals surface area contributed by atoms with E-state index in [2.05, 4.69) is 44.7 Å². The molecule has 0 aromatic heterocycles. The minimum Gasteiger partial charge on any atom is -0.329 e. The summed E-state index contributed by atoms with van der Waals surface area (Å²) in [6.07, 6.45) is 5.21. The molecule has 3 atom stereocenters. The fourth-order valence-electron chi connectivity index (χ4n) is 5.06. The van der Waals surface area contributed by atoms with Gasteiger partial charge in [0.1, 0.15) is 0 Å². The van der Waals surface area contributed by atoms with Crippen molar-refractivity contribution >= 4 is 0 Å². The number of rotatable bonds is 4. The first-order chi connectivity index (χ1) is 9.26. The van der Waals surface area contributed by atoms with Gasteiger partial charge in [-0.3, -0.25) is 4.90 Å². The van der Waals surface area contributed by atoms with Crippen LogP contribution in [0.2, 0.25) is 0 Å². The number of nitrogens with zero attached hydrogens (tertiary/aromatic N) is 2. The number of likely N-dealkylation sites (tertiary alicyclic amines) is 1. The van der Waals surface area contributed by atoms with E-state index in [4.69, 9.17) is 5.73 Å². The lowest BCUT2D eigenvalue weighted by atomic mass is 9.63. The molecule has 2 fully saturated rings. The van der Waals surface area contributed by atoms with Crippen molar-refractivity contribution in [2.24, 2.45) is 23.0 Å².